The highest BCUT2D eigenvalue weighted by molar-refractivity contribution is 5.45. The van der Waals surface area contributed by atoms with Gasteiger partial charge in [0.15, 0.2) is 0 Å². The molecule has 1 heteroatoms. The number of hydrogen-bond acceptors (Lipinski definition) is 1. The van der Waals surface area contributed by atoms with E-state index < -0.39 is 0 Å². The molecule has 0 aromatic carbocycles. The third-order valence-corrected chi connectivity index (χ3v) is 4.05. The normalized spacial score (nSPS) is 23.5. The molecule has 0 radical (unpaired) electrons. The van der Waals surface area contributed by atoms with Gasteiger partial charge in [0.25, 0.3) is 0 Å². The lowest BCUT2D eigenvalue weighted by molar-refractivity contribution is 0.154. The van der Waals surface area contributed by atoms with E-state index >= 15 is 0 Å². The van der Waals surface area contributed by atoms with Crippen molar-refractivity contribution in [1.82, 2.24) is 0 Å². The van der Waals surface area contributed by atoms with E-state index in [9.17, 15) is 0 Å². The Morgan fingerprint density at radius 1 is 1.37 bits per heavy atom. The van der Waals surface area contributed by atoms with Gasteiger partial charge in [-0.05, 0) is 37.8 Å². The number of hydrogen-bond donors (Lipinski definition) is 0. The second-order valence-corrected chi connectivity index (χ2v) is 5.48. The Labute approximate surface area is 118 Å². The molecule has 1 atom stereocenters. The first kappa shape index (κ1) is 15.8. The first-order chi connectivity index (χ1) is 9.04. The zero-order valence-electron chi connectivity index (χ0n) is 13.0. The Morgan fingerprint density at radius 3 is 2.47 bits per heavy atom. The fourth-order valence-corrected chi connectivity index (χ4v) is 3.09. The maximum atomic E-state index is 6.07. The molecule has 0 aliphatic carbocycles. The molecular formula is C18H28O. The number of ether oxygens (including phenoxy) is 1. The van der Waals surface area contributed by atoms with Gasteiger partial charge >= 0.3 is 0 Å². The number of allylic oxidation sites excluding steroid dienone is 3. The van der Waals surface area contributed by atoms with Crippen molar-refractivity contribution < 1.29 is 4.74 Å². The minimum absolute atomic E-state index is 0.232. The second-order valence-electron chi connectivity index (χ2n) is 5.48. The molecule has 0 amide bonds. The number of rotatable bonds is 7. The summed E-state index contributed by atoms with van der Waals surface area (Å²) in [5.41, 5.74) is 3.81. The summed E-state index contributed by atoms with van der Waals surface area (Å²) in [4.78, 5) is 0. The molecule has 1 unspecified atom stereocenters. The van der Waals surface area contributed by atoms with Crippen molar-refractivity contribution in [3.05, 3.63) is 47.8 Å². The van der Waals surface area contributed by atoms with Crippen LogP contribution in [0.4, 0.5) is 0 Å². The van der Waals surface area contributed by atoms with Crippen molar-refractivity contribution in [1.29, 1.82) is 0 Å². The first-order valence-corrected chi connectivity index (χ1v) is 7.41. The van der Waals surface area contributed by atoms with Crippen LogP contribution in [0.25, 0.3) is 0 Å². The highest BCUT2D eigenvalue weighted by atomic mass is 16.5. The molecule has 106 valence electrons. The smallest absolute Gasteiger partial charge is 0.126 e. The highest BCUT2D eigenvalue weighted by Gasteiger charge is 2.39. The molecule has 1 nitrogen and oxygen atoms in total. The average Bonchev–Trinajstić information content (AvgIpc) is 2.75. The molecule has 0 saturated heterocycles. The predicted octanol–water partition coefficient (Wildman–Crippen LogP) is 5.57. The predicted molar refractivity (Wildman–Crippen MR) is 84.0 cm³/mol. The van der Waals surface area contributed by atoms with Crippen molar-refractivity contribution >= 4 is 0 Å². The average molecular weight is 260 g/mol. The third kappa shape index (κ3) is 3.20. The van der Waals surface area contributed by atoms with Gasteiger partial charge in [0.2, 0.25) is 0 Å². The summed E-state index contributed by atoms with van der Waals surface area (Å²) in [6.07, 6.45) is 8.54. The maximum Gasteiger partial charge on any atom is 0.126 e. The summed E-state index contributed by atoms with van der Waals surface area (Å²) in [5, 5.41) is 0. The lowest BCUT2D eigenvalue weighted by Crippen LogP contribution is -2.23. The van der Waals surface area contributed by atoms with E-state index in [0.717, 1.165) is 36.4 Å². The van der Waals surface area contributed by atoms with Gasteiger partial charge in [-0.1, -0.05) is 52.0 Å². The minimum atomic E-state index is 0.232. The molecule has 1 aliphatic rings. The van der Waals surface area contributed by atoms with Crippen molar-refractivity contribution in [2.24, 2.45) is 5.41 Å². The van der Waals surface area contributed by atoms with Gasteiger partial charge in [-0.15, -0.1) is 0 Å². The molecule has 19 heavy (non-hydrogen) atoms. The summed E-state index contributed by atoms with van der Waals surface area (Å²) in [6.45, 7) is 17.4. The second kappa shape index (κ2) is 6.79. The quantitative estimate of drug-likeness (QED) is 0.544. The highest BCUT2D eigenvalue weighted by Crippen LogP contribution is 2.47. The van der Waals surface area contributed by atoms with Crippen LogP contribution in [0.2, 0.25) is 0 Å². The summed E-state index contributed by atoms with van der Waals surface area (Å²) in [7, 11) is 0. The molecule has 0 bridgehead atoms. The van der Waals surface area contributed by atoms with Crippen molar-refractivity contribution in [2.75, 3.05) is 6.61 Å². The van der Waals surface area contributed by atoms with Crippen LogP contribution in [-0.4, -0.2) is 6.61 Å². The van der Waals surface area contributed by atoms with Gasteiger partial charge in [0.1, 0.15) is 5.76 Å². The van der Waals surface area contributed by atoms with Crippen LogP contribution in [0.1, 0.15) is 53.4 Å². The molecule has 1 aliphatic heterocycles. The summed E-state index contributed by atoms with van der Waals surface area (Å²) in [6, 6.07) is 0. The summed E-state index contributed by atoms with van der Waals surface area (Å²) < 4.78 is 6.07. The van der Waals surface area contributed by atoms with Gasteiger partial charge in [0, 0.05) is 11.0 Å². The lowest BCUT2D eigenvalue weighted by atomic mass is 9.74. The molecule has 1 rings (SSSR count). The first-order valence-electron chi connectivity index (χ1n) is 7.41. The molecule has 1 heterocycles. The van der Waals surface area contributed by atoms with Crippen molar-refractivity contribution in [3.63, 3.8) is 0 Å². The standard InChI is InChI=1S/C18H28O/c1-7-11-18(10-4)13-19-17(16(18)9-3)15(8-2)12-14(5)6/h8,12H,2,5,7,9-11,13H2,1,3-4,6H3/b15-12+. The van der Waals surface area contributed by atoms with E-state index in [-0.39, 0.29) is 5.41 Å². The van der Waals surface area contributed by atoms with Gasteiger partial charge in [-0.3, -0.25) is 0 Å². The molecule has 0 fully saturated rings. The lowest BCUT2D eigenvalue weighted by Gasteiger charge is -2.28. The van der Waals surface area contributed by atoms with Crippen LogP contribution in [0.5, 0.6) is 0 Å². The fraction of sp³-hybridized carbons (Fsp3) is 0.556. The SMILES string of the molecule is C=C/C(=C\C(=C)C)C1=C(CC)C(CC)(CCC)CO1. The van der Waals surface area contributed by atoms with Crippen LogP contribution < -0.4 is 0 Å². The van der Waals surface area contributed by atoms with Crippen LogP contribution in [0.15, 0.2) is 47.8 Å². The van der Waals surface area contributed by atoms with E-state index in [1.54, 1.807) is 0 Å². The van der Waals surface area contributed by atoms with Crippen molar-refractivity contribution in [2.45, 2.75) is 53.4 Å². The van der Waals surface area contributed by atoms with Gasteiger partial charge in [0.05, 0.1) is 6.61 Å². The zero-order valence-corrected chi connectivity index (χ0v) is 13.0. The maximum absolute atomic E-state index is 6.07. The minimum Gasteiger partial charge on any atom is -0.492 e. The van der Waals surface area contributed by atoms with Crippen LogP contribution in [-0.2, 0) is 4.74 Å². The zero-order chi connectivity index (χ0) is 14.5. The Kier molecular flexibility index (Phi) is 5.65. The van der Waals surface area contributed by atoms with Gasteiger partial charge < -0.3 is 4.74 Å². The van der Waals surface area contributed by atoms with E-state index in [1.165, 1.54) is 18.4 Å². The molecular weight excluding hydrogens is 232 g/mol. The Morgan fingerprint density at radius 2 is 2.05 bits per heavy atom. The van der Waals surface area contributed by atoms with Gasteiger partial charge in [-0.2, -0.15) is 0 Å². The van der Waals surface area contributed by atoms with Crippen molar-refractivity contribution in [3.8, 4) is 0 Å². The van der Waals surface area contributed by atoms with Crippen LogP contribution in [0.3, 0.4) is 0 Å². The van der Waals surface area contributed by atoms with Gasteiger partial charge in [-0.25, -0.2) is 0 Å². The largest absolute Gasteiger partial charge is 0.492 e. The fourth-order valence-electron chi connectivity index (χ4n) is 3.09. The summed E-state index contributed by atoms with van der Waals surface area (Å²) >= 11 is 0. The van der Waals surface area contributed by atoms with E-state index in [4.69, 9.17) is 4.74 Å². The summed E-state index contributed by atoms with van der Waals surface area (Å²) in [5.74, 6) is 1.05. The Hall–Kier alpha value is -1.24. The van der Waals surface area contributed by atoms with E-state index in [1.807, 2.05) is 13.0 Å². The van der Waals surface area contributed by atoms with E-state index in [0.29, 0.717) is 0 Å². The monoisotopic (exact) mass is 260 g/mol. The molecule has 0 N–H and O–H groups in total. The topological polar surface area (TPSA) is 9.23 Å². The van der Waals surface area contributed by atoms with Crippen LogP contribution >= 0.6 is 0 Å². The molecule has 0 aromatic heterocycles. The molecule has 0 saturated carbocycles. The van der Waals surface area contributed by atoms with E-state index in [2.05, 4.69) is 40.0 Å². The Balaban J connectivity index is 3.27. The Bertz CT molecular complexity index is 411. The molecule has 0 aromatic rings. The third-order valence-electron chi connectivity index (χ3n) is 4.05. The van der Waals surface area contributed by atoms with Crippen LogP contribution in [0, 0.1) is 5.41 Å². The molecule has 0 spiro atoms.